The molecule has 0 amide bonds. The number of benzene rings is 1. The number of alkyl halides is 3. The molecular weight excluding hydrogens is 452 g/mol. The second-order valence-electron chi connectivity index (χ2n) is 8.82. The summed E-state index contributed by atoms with van der Waals surface area (Å²) in [6.45, 7) is 4.66. The molecule has 10 heteroatoms. The summed E-state index contributed by atoms with van der Waals surface area (Å²) in [5.74, 6) is -0.371. The van der Waals surface area contributed by atoms with Crippen LogP contribution in [-0.4, -0.2) is 35.8 Å². The van der Waals surface area contributed by atoms with E-state index in [2.05, 4.69) is 10.3 Å². The van der Waals surface area contributed by atoms with Gasteiger partial charge in [0.2, 0.25) is 5.60 Å². The SMILES string of the molecule is CCC(O)(c1cn(Cc2ccn3c(-c4ccc(F)cc4)c(C(C)(C)O)cc3c2)nn1)C(F)(F)F. The van der Waals surface area contributed by atoms with Crippen molar-refractivity contribution in [1.29, 1.82) is 0 Å². The van der Waals surface area contributed by atoms with Crippen molar-refractivity contribution < 1.29 is 27.8 Å². The molecule has 0 aliphatic carbocycles. The van der Waals surface area contributed by atoms with Gasteiger partial charge in [0.25, 0.3) is 0 Å². The molecule has 0 radical (unpaired) electrons. The Hall–Kier alpha value is -3.24. The second-order valence-corrected chi connectivity index (χ2v) is 8.82. The highest BCUT2D eigenvalue weighted by Gasteiger charge is 2.55. The molecule has 3 heterocycles. The van der Waals surface area contributed by atoms with E-state index in [0.717, 1.165) is 22.8 Å². The molecule has 0 aliphatic rings. The van der Waals surface area contributed by atoms with Crippen LogP contribution in [0.2, 0.25) is 0 Å². The van der Waals surface area contributed by atoms with Crippen LogP contribution in [0.5, 0.6) is 0 Å². The van der Waals surface area contributed by atoms with E-state index in [1.807, 2.05) is 16.5 Å². The first-order valence-corrected chi connectivity index (χ1v) is 10.7. The van der Waals surface area contributed by atoms with Gasteiger partial charge in [-0.05, 0) is 73.9 Å². The van der Waals surface area contributed by atoms with Gasteiger partial charge in [-0.3, -0.25) is 0 Å². The maximum Gasteiger partial charge on any atom is 0.423 e. The van der Waals surface area contributed by atoms with Gasteiger partial charge in [-0.25, -0.2) is 9.07 Å². The molecule has 1 aromatic carbocycles. The molecule has 0 saturated carbocycles. The number of hydrogen-bond acceptors (Lipinski definition) is 4. The molecule has 1 atom stereocenters. The minimum atomic E-state index is -4.88. The summed E-state index contributed by atoms with van der Waals surface area (Å²) in [7, 11) is 0. The molecule has 4 rings (SSSR count). The van der Waals surface area contributed by atoms with Gasteiger partial charge in [-0.1, -0.05) is 12.1 Å². The molecule has 0 fully saturated rings. The number of aliphatic hydroxyl groups is 2. The molecule has 2 N–H and O–H groups in total. The predicted molar refractivity (Wildman–Crippen MR) is 117 cm³/mol. The number of pyridine rings is 1. The quantitative estimate of drug-likeness (QED) is 0.393. The Morgan fingerprint density at radius 3 is 2.26 bits per heavy atom. The number of fused-ring (bicyclic) bond motifs is 1. The Morgan fingerprint density at radius 1 is 1.00 bits per heavy atom. The van der Waals surface area contributed by atoms with Crippen molar-refractivity contribution in [3.63, 3.8) is 0 Å². The number of rotatable bonds is 6. The summed E-state index contributed by atoms with van der Waals surface area (Å²) >= 11 is 0. The normalized spacial score (nSPS) is 14.5. The number of aromatic nitrogens is 4. The Balaban J connectivity index is 1.72. The van der Waals surface area contributed by atoms with Gasteiger partial charge >= 0.3 is 6.18 Å². The van der Waals surface area contributed by atoms with Crippen molar-refractivity contribution in [3.8, 4) is 11.3 Å². The zero-order valence-corrected chi connectivity index (χ0v) is 18.8. The van der Waals surface area contributed by atoms with Crippen molar-refractivity contribution in [2.75, 3.05) is 0 Å². The van der Waals surface area contributed by atoms with Gasteiger partial charge in [-0.2, -0.15) is 13.2 Å². The lowest BCUT2D eigenvalue weighted by molar-refractivity contribution is -0.269. The molecule has 34 heavy (non-hydrogen) atoms. The van der Waals surface area contributed by atoms with Crippen molar-refractivity contribution in [3.05, 3.63) is 77.5 Å². The lowest BCUT2D eigenvalue weighted by Gasteiger charge is -2.26. The molecular formula is C24H24F4N4O2. The van der Waals surface area contributed by atoms with Crippen molar-refractivity contribution in [1.82, 2.24) is 19.4 Å². The first kappa shape index (κ1) is 23.9. The largest absolute Gasteiger partial charge is 0.423 e. The van der Waals surface area contributed by atoms with Crippen LogP contribution in [0, 0.1) is 5.82 Å². The van der Waals surface area contributed by atoms with E-state index in [1.165, 1.54) is 23.7 Å². The summed E-state index contributed by atoms with van der Waals surface area (Å²) in [6, 6.07) is 11.4. The lowest BCUT2D eigenvalue weighted by Crippen LogP contribution is -2.42. The van der Waals surface area contributed by atoms with Gasteiger partial charge in [0.05, 0.1) is 24.0 Å². The highest BCUT2D eigenvalue weighted by atomic mass is 19.4. The summed E-state index contributed by atoms with van der Waals surface area (Å²) in [6.07, 6.45) is -2.60. The van der Waals surface area contributed by atoms with E-state index in [1.54, 1.807) is 38.2 Å². The Labute approximate surface area is 193 Å². The first-order chi connectivity index (χ1) is 15.8. The van der Waals surface area contributed by atoms with E-state index in [9.17, 15) is 27.8 Å². The molecule has 3 aromatic heterocycles. The van der Waals surface area contributed by atoms with Gasteiger partial charge in [0, 0.05) is 17.3 Å². The Morgan fingerprint density at radius 2 is 1.68 bits per heavy atom. The number of hydrogen-bond donors (Lipinski definition) is 2. The van der Waals surface area contributed by atoms with Crippen LogP contribution >= 0.6 is 0 Å². The van der Waals surface area contributed by atoms with Gasteiger partial charge in [0.15, 0.2) is 0 Å². The summed E-state index contributed by atoms with van der Waals surface area (Å²) in [4.78, 5) is 0. The van der Waals surface area contributed by atoms with Crippen molar-refractivity contribution >= 4 is 5.52 Å². The molecule has 0 aliphatic heterocycles. The average Bonchev–Trinajstić information content (AvgIpc) is 3.37. The van der Waals surface area contributed by atoms with Crippen LogP contribution in [0.4, 0.5) is 17.6 Å². The minimum absolute atomic E-state index is 0.121. The molecule has 1 unspecified atom stereocenters. The molecule has 0 bridgehead atoms. The fourth-order valence-corrected chi connectivity index (χ4v) is 3.97. The third-order valence-electron chi connectivity index (χ3n) is 5.90. The Kier molecular flexibility index (Phi) is 5.77. The highest BCUT2D eigenvalue weighted by Crippen LogP contribution is 2.40. The van der Waals surface area contributed by atoms with Crippen LogP contribution in [0.25, 0.3) is 16.8 Å². The van der Waals surface area contributed by atoms with E-state index in [-0.39, 0.29) is 12.4 Å². The van der Waals surface area contributed by atoms with Crippen molar-refractivity contribution in [2.24, 2.45) is 0 Å². The zero-order chi connectivity index (χ0) is 24.9. The Bertz CT molecular complexity index is 1320. The zero-order valence-electron chi connectivity index (χ0n) is 18.8. The standard InChI is InChI=1S/C24H24F4N4O2/c1-4-23(34,24(26,27)28)20-14-31(30-29-20)13-15-9-10-32-18(11-15)12-19(22(2,3)33)21(32)16-5-7-17(25)8-6-16/h5-12,14,33-34H,4,13H2,1-3H3. The van der Waals surface area contributed by atoms with Crippen LogP contribution in [0.3, 0.4) is 0 Å². The fourth-order valence-electron chi connectivity index (χ4n) is 3.97. The smallest absolute Gasteiger partial charge is 0.386 e. The first-order valence-electron chi connectivity index (χ1n) is 10.7. The van der Waals surface area contributed by atoms with E-state index < -0.39 is 29.5 Å². The number of nitrogens with zero attached hydrogens (tertiary/aromatic N) is 4. The maximum absolute atomic E-state index is 13.5. The molecule has 6 nitrogen and oxygen atoms in total. The van der Waals surface area contributed by atoms with E-state index >= 15 is 0 Å². The topological polar surface area (TPSA) is 75.6 Å². The summed E-state index contributed by atoms with van der Waals surface area (Å²) in [5.41, 5.74) is -1.29. The number of halogens is 4. The molecule has 0 saturated heterocycles. The van der Waals surface area contributed by atoms with Crippen LogP contribution < -0.4 is 0 Å². The minimum Gasteiger partial charge on any atom is -0.386 e. The molecule has 0 spiro atoms. The van der Waals surface area contributed by atoms with E-state index in [4.69, 9.17) is 0 Å². The highest BCUT2D eigenvalue weighted by molar-refractivity contribution is 5.73. The molecule has 4 aromatic rings. The van der Waals surface area contributed by atoms with Gasteiger partial charge < -0.3 is 14.6 Å². The summed E-state index contributed by atoms with van der Waals surface area (Å²) < 4.78 is 56.5. The summed E-state index contributed by atoms with van der Waals surface area (Å²) in [5, 5.41) is 28.1. The van der Waals surface area contributed by atoms with Crippen LogP contribution in [-0.2, 0) is 17.7 Å². The van der Waals surface area contributed by atoms with Gasteiger partial charge in [0.1, 0.15) is 11.5 Å². The van der Waals surface area contributed by atoms with Gasteiger partial charge in [-0.15, -0.1) is 5.10 Å². The van der Waals surface area contributed by atoms with Crippen LogP contribution in [0.1, 0.15) is 44.0 Å². The monoisotopic (exact) mass is 476 g/mol. The lowest BCUT2D eigenvalue weighted by atomic mass is 9.95. The fraction of sp³-hybridized carbons (Fsp3) is 0.333. The third-order valence-corrected chi connectivity index (χ3v) is 5.90. The van der Waals surface area contributed by atoms with Crippen molar-refractivity contribution in [2.45, 2.75) is 51.1 Å². The van der Waals surface area contributed by atoms with Crippen LogP contribution in [0.15, 0.2) is 54.9 Å². The average molecular weight is 476 g/mol. The predicted octanol–water partition coefficient (Wildman–Crippen LogP) is 4.77. The maximum atomic E-state index is 13.5. The second kappa shape index (κ2) is 8.21. The van der Waals surface area contributed by atoms with E-state index in [0.29, 0.717) is 11.3 Å². The molecule has 180 valence electrons. The third kappa shape index (κ3) is 4.19.